The number of nitrogens with zero attached hydrogens (tertiary/aromatic N) is 4. The van der Waals surface area contributed by atoms with E-state index in [1.54, 1.807) is 12.3 Å². The van der Waals surface area contributed by atoms with Gasteiger partial charge in [-0.2, -0.15) is 0 Å². The first kappa shape index (κ1) is 15.7. The lowest BCUT2D eigenvalue weighted by Crippen LogP contribution is -2.13. The molecular weight excluding hydrogens is 316 g/mol. The van der Waals surface area contributed by atoms with Crippen molar-refractivity contribution in [1.82, 2.24) is 19.5 Å². The van der Waals surface area contributed by atoms with E-state index in [0.717, 1.165) is 17.6 Å². The maximum Gasteiger partial charge on any atom is 0.335 e. The molecule has 3 heterocycles. The van der Waals surface area contributed by atoms with Crippen LogP contribution in [0.5, 0.6) is 0 Å². The predicted molar refractivity (Wildman–Crippen MR) is 94.3 cm³/mol. The summed E-state index contributed by atoms with van der Waals surface area (Å²) in [6.07, 6.45) is 11.7. The third-order valence-corrected chi connectivity index (χ3v) is 4.96. The zero-order chi connectivity index (χ0) is 17.2. The van der Waals surface area contributed by atoms with Crippen molar-refractivity contribution in [3.63, 3.8) is 0 Å². The molecule has 0 unspecified atom stereocenters. The molecule has 25 heavy (non-hydrogen) atoms. The fraction of sp³-hybridized carbons (Fsp3) is 0.368. The average molecular weight is 336 g/mol. The number of carboxylic acids is 1. The summed E-state index contributed by atoms with van der Waals surface area (Å²) >= 11 is 0. The number of aromatic nitrogens is 4. The Kier molecular flexibility index (Phi) is 4.17. The molecule has 0 aliphatic heterocycles. The van der Waals surface area contributed by atoms with Crippen molar-refractivity contribution in [2.45, 2.75) is 38.6 Å². The normalized spacial score (nSPS) is 15.5. The highest BCUT2D eigenvalue weighted by atomic mass is 16.4. The Labute approximate surface area is 145 Å². The van der Waals surface area contributed by atoms with Gasteiger partial charge in [-0.25, -0.2) is 9.78 Å². The smallest absolute Gasteiger partial charge is 0.335 e. The lowest BCUT2D eigenvalue weighted by atomic mass is 9.89. The van der Waals surface area contributed by atoms with Crippen LogP contribution < -0.4 is 0 Å². The Bertz CT molecular complexity index is 913. The van der Waals surface area contributed by atoms with Crippen LogP contribution in [0.4, 0.5) is 0 Å². The van der Waals surface area contributed by atoms with Crippen LogP contribution in [0.15, 0.2) is 36.9 Å². The van der Waals surface area contributed by atoms with Crippen molar-refractivity contribution in [2.24, 2.45) is 5.92 Å². The van der Waals surface area contributed by atoms with E-state index in [1.165, 1.54) is 44.4 Å². The second-order valence-electron chi connectivity index (χ2n) is 6.69. The fourth-order valence-electron chi connectivity index (χ4n) is 3.60. The summed E-state index contributed by atoms with van der Waals surface area (Å²) in [5, 5.41) is 9.16. The van der Waals surface area contributed by atoms with Crippen molar-refractivity contribution in [3.8, 4) is 11.4 Å². The van der Waals surface area contributed by atoms with E-state index in [0.29, 0.717) is 17.3 Å². The van der Waals surface area contributed by atoms with Crippen LogP contribution in [0.1, 0.15) is 42.5 Å². The molecule has 0 spiro atoms. The monoisotopic (exact) mass is 336 g/mol. The van der Waals surface area contributed by atoms with Crippen molar-refractivity contribution >= 4 is 17.0 Å². The molecule has 128 valence electrons. The van der Waals surface area contributed by atoms with Gasteiger partial charge in [0.2, 0.25) is 0 Å². The van der Waals surface area contributed by atoms with Gasteiger partial charge < -0.3 is 9.67 Å². The van der Waals surface area contributed by atoms with Crippen LogP contribution in [0.2, 0.25) is 0 Å². The lowest BCUT2D eigenvalue weighted by Gasteiger charge is -2.22. The summed E-state index contributed by atoms with van der Waals surface area (Å²) in [6.45, 7) is 0.975. The van der Waals surface area contributed by atoms with E-state index >= 15 is 0 Å². The number of hydrogen-bond acceptors (Lipinski definition) is 4. The first-order valence-electron chi connectivity index (χ1n) is 8.71. The average Bonchev–Trinajstić information content (AvgIpc) is 3.05. The second kappa shape index (κ2) is 6.63. The molecule has 0 bridgehead atoms. The molecule has 0 radical (unpaired) electrons. The minimum absolute atomic E-state index is 0.211. The number of imidazole rings is 1. The van der Waals surface area contributed by atoms with E-state index < -0.39 is 5.97 Å². The molecule has 1 N–H and O–H groups in total. The largest absolute Gasteiger partial charge is 0.478 e. The van der Waals surface area contributed by atoms with Crippen molar-refractivity contribution in [1.29, 1.82) is 0 Å². The van der Waals surface area contributed by atoms with Crippen molar-refractivity contribution in [3.05, 3.63) is 42.5 Å². The summed E-state index contributed by atoms with van der Waals surface area (Å²) < 4.78 is 2.19. The molecule has 0 saturated heterocycles. The van der Waals surface area contributed by atoms with Gasteiger partial charge in [0.05, 0.1) is 35.0 Å². The molecule has 4 rings (SSSR count). The predicted octanol–water partition coefficient (Wildman–Crippen LogP) is 3.77. The van der Waals surface area contributed by atoms with E-state index in [9.17, 15) is 4.79 Å². The molecule has 1 saturated carbocycles. The van der Waals surface area contributed by atoms with E-state index in [-0.39, 0.29) is 5.56 Å². The zero-order valence-corrected chi connectivity index (χ0v) is 13.9. The number of carbonyl (C=O) groups is 1. The van der Waals surface area contributed by atoms with E-state index in [4.69, 9.17) is 5.11 Å². The summed E-state index contributed by atoms with van der Waals surface area (Å²) in [5.74, 6) is -0.261. The van der Waals surface area contributed by atoms with Gasteiger partial charge in [0.15, 0.2) is 0 Å². The van der Waals surface area contributed by atoms with Crippen molar-refractivity contribution in [2.75, 3.05) is 0 Å². The number of aromatic carboxylic acids is 1. The highest BCUT2D eigenvalue weighted by Crippen LogP contribution is 2.27. The highest BCUT2D eigenvalue weighted by molar-refractivity contribution is 5.89. The minimum atomic E-state index is -0.966. The Morgan fingerprint density at radius 2 is 1.92 bits per heavy atom. The Hall–Kier alpha value is -2.76. The first-order valence-corrected chi connectivity index (χ1v) is 8.71. The first-order chi connectivity index (χ1) is 12.2. The zero-order valence-electron chi connectivity index (χ0n) is 13.9. The van der Waals surface area contributed by atoms with Gasteiger partial charge >= 0.3 is 5.97 Å². The molecule has 6 nitrogen and oxygen atoms in total. The summed E-state index contributed by atoms with van der Waals surface area (Å²) in [6, 6.07) is 5.00. The Morgan fingerprint density at radius 3 is 2.72 bits per heavy atom. The molecule has 3 aromatic rings. The van der Waals surface area contributed by atoms with Gasteiger partial charge in [-0.3, -0.25) is 9.97 Å². The quantitative estimate of drug-likeness (QED) is 0.784. The van der Waals surface area contributed by atoms with Crippen LogP contribution in [-0.2, 0) is 6.54 Å². The third-order valence-electron chi connectivity index (χ3n) is 4.96. The number of rotatable bonds is 4. The van der Waals surface area contributed by atoms with Crippen LogP contribution in [0.3, 0.4) is 0 Å². The second-order valence-corrected chi connectivity index (χ2v) is 6.69. The number of hydrogen-bond donors (Lipinski definition) is 1. The summed E-state index contributed by atoms with van der Waals surface area (Å²) in [4.78, 5) is 24.3. The molecule has 6 heteroatoms. The number of fused-ring (bicyclic) bond motifs is 1. The van der Waals surface area contributed by atoms with Gasteiger partial charge in [-0.05, 0) is 37.0 Å². The van der Waals surface area contributed by atoms with Gasteiger partial charge in [-0.1, -0.05) is 19.3 Å². The lowest BCUT2D eigenvalue weighted by molar-refractivity contribution is 0.0697. The van der Waals surface area contributed by atoms with Crippen LogP contribution in [0, 0.1) is 5.92 Å². The topological polar surface area (TPSA) is 80.9 Å². The van der Waals surface area contributed by atoms with Gasteiger partial charge in [0.25, 0.3) is 0 Å². The molecular formula is C19H20N4O2. The summed E-state index contributed by atoms with van der Waals surface area (Å²) in [7, 11) is 0. The molecule has 3 aromatic heterocycles. The molecule has 1 aliphatic carbocycles. The van der Waals surface area contributed by atoms with Crippen LogP contribution in [0.25, 0.3) is 22.4 Å². The van der Waals surface area contributed by atoms with Crippen LogP contribution in [-0.4, -0.2) is 30.6 Å². The van der Waals surface area contributed by atoms with E-state index in [1.807, 2.05) is 12.4 Å². The molecule has 0 amide bonds. The third kappa shape index (κ3) is 3.24. The SMILES string of the molecule is O=C(O)c1ccnc(-c2cc3c(cn2)ncn3CC2CCCCC2)c1. The van der Waals surface area contributed by atoms with Gasteiger partial charge in [0.1, 0.15) is 5.52 Å². The number of carboxylic acid groups (broad SMARTS) is 1. The van der Waals surface area contributed by atoms with Crippen molar-refractivity contribution < 1.29 is 9.90 Å². The maximum absolute atomic E-state index is 11.2. The molecule has 1 aliphatic rings. The molecule has 1 fully saturated rings. The van der Waals surface area contributed by atoms with Gasteiger partial charge in [0, 0.05) is 12.7 Å². The Morgan fingerprint density at radius 1 is 1.12 bits per heavy atom. The standard InChI is InChI=1S/C19H20N4O2/c24-19(25)14-6-7-20-15(8-14)16-9-18-17(10-21-16)22-12-23(18)11-13-4-2-1-3-5-13/h6-10,12-13H,1-5,11H2,(H,24,25). The highest BCUT2D eigenvalue weighted by Gasteiger charge is 2.16. The van der Waals surface area contributed by atoms with Crippen LogP contribution >= 0.6 is 0 Å². The fourth-order valence-corrected chi connectivity index (χ4v) is 3.60. The maximum atomic E-state index is 11.2. The Balaban J connectivity index is 1.68. The van der Waals surface area contributed by atoms with E-state index in [2.05, 4.69) is 19.5 Å². The summed E-state index contributed by atoms with van der Waals surface area (Å²) in [5.41, 5.74) is 3.32. The molecule has 0 atom stereocenters. The molecule has 0 aromatic carbocycles. The minimum Gasteiger partial charge on any atom is -0.478 e. The van der Waals surface area contributed by atoms with Gasteiger partial charge in [-0.15, -0.1) is 0 Å². The number of pyridine rings is 2.